The van der Waals surface area contributed by atoms with Gasteiger partial charge in [0.05, 0.1) is 6.21 Å². The zero-order valence-corrected chi connectivity index (χ0v) is 10.9. The van der Waals surface area contributed by atoms with Gasteiger partial charge in [-0.05, 0) is 17.7 Å². The lowest BCUT2D eigenvalue weighted by molar-refractivity contribution is 0.381. The normalized spacial score (nSPS) is 11.1. The molecule has 0 radical (unpaired) electrons. The molecule has 2 aromatic carbocycles. The second-order valence-electron chi connectivity index (χ2n) is 3.87. The van der Waals surface area contributed by atoms with E-state index >= 15 is 0 Å². The molecular formula is C13H6ClF5N2. The van der Waals surface area contributed by atoms with E-state index in [1.807, 2.05) is 0 Å². The molecule has 0 saturated heterocycles. The Morgan fingerprint density at radius 1 is 0.810 bits per heavy atom. The molecule has 0 spiro atoms. The molecule has 1 N–H and O–H groups in total. The second-order valence-corrected chi connectivity index (χ2v) is 4.30. The van der Waals surface area contributed by atoms with Crippen molar-refractivity contribution < 1.29 is 22.0 Å². The zero-order chi connectivity index (χ0) is 15.6. The van der Waals surface area contributed by atoms with Gasteiger partial charge in [0, 0.05) is 5.02 Å². The molecular weight excluding hydrogens is 315 g/mol. The minimum absolute atomic E-state index is 0.472. The number of hydrogen-bond donors (Lipinski definition) is 1. The van der Waals surface area contributed by atoms with Crippen LogP contribution in [0.1, 0.15) is 5.56 Å². The Balaban J connectivity index is 2.26. The lowest BCUT2D eigenvalue weighted by atomic mass is 10.2. The number of benzene rings is 2. The van der Waals surface area contributed by atoms with Crippen LogP contribution in [0.25, 0.3) is 0 Å². The van der Waals surface area contributed by atoms with Crippen molar-refractivity contribution in [3.63, 3.8) is 0 Å². The Labute approximate surface area is 120 Å². The van der Waals surface area contributed by atoms with Crippen molar-refractivity contribution in [3.8, 4) is 0 Å². The number of halogens is 6. The summed E-state index contributed by atoms with van der Waals surface area (Å²) in [5.41, 5.74) is 1.08. The number of anilines is 1. The quantitative estimate of drug-likeness (QED) is 0.291. The van der Waals surface area contributed by atoms with E-state index < -0.39 is 34.8 Å². The van der Waals surface area contributed by atoms with Gasteiger partial charge >= 0.3 is 0 Å². The number of rotatable bonds is 3. The van der Waals surface area contributed by atoms with Crippen molar-refractivity contribution >= 4 is 23.5 Å². The van der Waals surface area contributed by atoms with Gasteiger partial charge in [-0.1, -0.05) is 23.7 Å². The van der Waals surface area contributed by atoms with E-state index in [2.05, 4.69) is 5.10 Å². The number of nitrogens with one attached hydrogen (secondary N) is 1. The molecule has 21 heavy (non-hydrogen) atoms. The summed E-state index contributed by atoms with van der Waals surface area (Å²) in [4.78, 5) is 0. The average Bonchev–Trinajstić information content (AvgIpc) is 2.48. The summed E-state index contributed by atoms with van der Waals surface area (Å²) in [5.74, 6) is -10.3. The van der Waals surface area contributed by atoms with Crippen LogP contribution in [0, 0.1) is 29.1 Å². The Hall–Kier alpha value is -2.15. The summed E-state index contributed by atoms with van der Waals surface area (Å²) in [6.07, 6.45) is 1.13. The van der Waals surface area contributed by atoms with Gasteiger partial charge in [-0.3, -0.25) is 5.43 Å². The van der Waals surface area contributed by atoms with E-state index in [1.54, 1.807) is 29.7 Å². The van der Waals surface area contributed by atoms with Crippen LogP contribution in [-0.4, -0.2) is 6.21 Å². The smallest absolute Gasteiger partial charge is 0.200 e. The predicted molar refractivity (Wildman–Crippen MR) is 68.9 cm³/mol. The van der Waals surface area contributed by atoms with Crippen LogP contribution in [0.5, 0.6) is 0 Å². The van der Waals surface area contributed by atoms with Crippen molar-refractivity contribution in [2.45, 2.75) is 0 Å². The highest BCUT2D eigenvalue weighted by Gasteiger charge is 2.25. The molecule has 0 saturated carbocycles. The summed E-state index contributed by atoms with van der Waals surface area (Å²) in [5, 5.41) is 3.89. The highest BCUT2D eigenvalue weighted by atomic mass is 35.5. The fourth-order valence-electron chi connectivity index (χ4n) is 1.42. The Morgan fingerprint density at radius 3 is 1.81 bits per heavy atom. The minimum Gasteiger partial charge on any atom is -0.272 e. The Bertz CT molecular complexity index is 672. The molecule has 8 heteroatoms. The molecule has 0 aliphatic heterocycles. The van der Waals surface area contributed by atoms with Crippen LogP contribution in [0.4, 0.5) is 27.6 Å². The van der Waals surface area contributed by atoms with Crippen molar-refractivity contribution in [3.05, 3.63) is 63.9 Å². The molecule has 0 aliphatic carbocycles. The first-order valence-electron chi connectivity index (χ1n) is 5.48. The molecule has 0 heterocycles. The van der Waals surface area contributed by atoms with Gasteiger partial charge in [-0.25, -0.2) is 22.0 Å². The van der Waals surface area contributed by atoms with E-state index in [1.165, 1.54) is 0 Å². The lowest BCUT2D eigenvalue weighted by Gasteiger charge is -2.06. The molecule has 0 unspecified atom stereocenters. The van der Waals surface area contributed by atoms with Gasteiger partial charge in [-0.15, -0.1) is 0 Å². The summed E-state index contributed by atoms with van der Waals surface area (Å²) < 4.78 is 65.3. The fraction of sp³-hybridized carbons (Fsp3) is 0. The van der Waals surface area contributed by atoms with Gasteiger partial charge < -0.3 is 0 Å². The van der Waals surface area contributed by atoms with Crippen LogP contribution >= 0.6 is 11.6 Å². The number of nitrogens with zero attached hydrogens (tertiary/aromatic N) is 1. The molecule has 2 nitrogen and oxygen atoms in total. The van der Waals surface area contributed by atoms with Gasteiger partial charge in [0.15, 0.2) is 23.3 Å². The highest BCUT2D eigenvalue weighted by molar-refractivity contribution is 6.30. The zero-order valence-electron chi connectivity index (χ0n) is 10.1. The van der Waals surface area contributed by atoms with Gasteiger partial charge in [-0.2, -0.15) is 5.10 Å². The molecule has 110 valence electrons. The summed E-state index contributed by atoms with van der Waals surface area (Å²) in [7, 11) is 0. The first-order valence-corrected chi connectivity index (χ1v) is 5.85. The monoisotopic (exact) mass is 320 g/mol. The largest absolute Gasteiger partial charge is 0.272 e. The molecule has 0 amide bonds. The summed E-state index contributed by atoms with van der Waals surface area (Å²) >= 11 is 5.65. The lowest BCUT2D eigenvalue weighted by Crippen LogP contribution is -2.06. The van der Waals surface area contributed by atoms with Crippen LogP contribution in [0.3, 0.4) is 0 Å². The van der Waals surface area contributed by atoms with Crippen LogP contribution < -0.4 is 5.43 Å². The maximum Gasteiger partial charge on any atom is 0.200 e. The first kappa shape index (κ1) is 15.2. The number of hydrogen-bond acceptors (Lipinski definition) is 2. The third kappa shape index (κ3) is 3.13. The Kier molecular flexibility index (Phi) is 4.42. The third-order valence-electron chi connectivity index (χ3n) is 2.47. The molecule has 2 rings (SSSR count). The topological polar surface area (TPSA) is 24.4 Å². The maximum absolute atomic E-state index is 13.3. The van der Waals surface area contributed by atoms with Crippen molar-refractivity contribution in [1.29, 1.82) is 0 Å². The van der Waals surface area contributed by atoms with Gasteiger partial charge in [0.2, 0.25) is 5.82 Å². The van der Waals surface area contributed by atoms with E-state index in [-0.39, 0.29) is 0 Å². The summed E-state index contributed by atoms with van der Waals surface area (Å²) in [6.45, 7) is 0. The van der Waals surface area contributed by atoms with Gasteiger partial charge in [0.25, 0.3) is 0 Å². The highest BCUT2D eigenvalue weighted by Crippen LogP contribution is 2.26. The van der Waals surface area contributed by atoms with Crippen LogP contribution in [0.2, 0.25) is 5.02 Å². The molecule has 0 atom stereocenters. The van der Waals surface area contributed by atoms with E-state index in [9.17, 15) is 22.0 Å². The molecule has 0 bridgehead atoms. The molecule has 0 aliphatic rings. The van der Waals surface area contributed by atoms with E-state index in [0.717, 1.165) is 6.21 Å². The average molecular weight is 321 g/mol. The predicted octanol–water partition coefficient (Wildman–Crippen LogP) is 4.48. The SMILES string of the molecule is Fc1c(F)c(F)c(N/N=C\c2ccc(Cl)cc2)c(F)c1F. The molecule has 0 aromatic heterocycles. The second kappa shape index (κ2) is 6.09. The van der Waals surface area contributed by atoms with Gasteiger partial charge in [0.1, 0.15) is 5.69 Å². The van der Waals surface area contributed by atoms with Crippen LogP contribution in [-0.2, 0) is 0 Å². The van der Waals surface area contributed by atoms with E-state index in [4.69, 9.17) is 11.6 Å². The minimum atomic E-state index is -2.22. The van der Waals surface area contributed by atoms with Crippen molar-refractivity contribution in [2.75, 3.05) is 5.43 Å². The fourth-order valence-corrected chi connectivity index (χ4v) is 1.55. The van der Waals surface area contributed by atoms with Crippen molar-refractivity contribution in [2.24, 2.45) is 5.10 Å². The first-order chi connectivity index (χ1) is 9.91. The maximum atomic E-state index is 13.3. The molecule has 2 aromatic rings. The number of hydrazone groups is 1. The third-order valence-corrected chi connectivity index (χ3v) is 2.72. The van der Waals surface area contributed by atoms with Crippen molar-refractivity contribution in [1.82, 2.24) is 0 Å². The standard InChI is InChI=1S/C13H6ClF5N2/c14-7-3-1-6(2-4-7)5-20-21-13-11(18)9(16)8(15)10(17)12(13)19/h1-5,21H/b20-5-. The summed E-state index contributed by atoms with van der Waals surface area (Å²) in [6, 6.07) is 6.18. The van der Waals surface area contributed by atoms with Crippen LogP contribution in [0.15, 0.2) is 29.4 Å². The Morgan fingerprint density at radius 2 is 1.29 bits per heavy atom. The van der Waals surface area contributed by atoms with E-state index in [0.29, 0.717) is 10.6 Å². The molecule has 0 fully saturated rings.